The van der Waals surface area contributed by atoms with Crippen molar-refractivity contribution in [2.24, 2.45) is 0 Å². The largest absolute Gasteiger partial charge is 0.411 e. The first kappa shape index (κ1) is 24.8. The van der Waals surface area contributed by atoms with Gasteiger partial charge in [-0.1, -0.05) is 12.1 Å². The monoisotopic (exact) mass is 490 g/mol. The van der Waals surface area contributed by atoms with Crippen LogP contribution in [0.15, 0.2) is 46.2 Å². The van der Waals surface area contributed by atoms with Gasteiger partial charge in [0.05, 0.1) is 21.2 Å². The number of hydrogen-bond donors (Lipinski definition) is 2. The SMILES string of the molecule is CS(=O)(=O)c1cc(C(c2ccc(N)c(S(C)(=O)=O)c2)(C(F)(F)F)C(F)(F)F)ccc1N. The Balaban J connectivity index is 3.13. The van der Waals surface area contributed by atoms with Gasteiger partial charge in [0.15, 0.2) is 19.7 Å². The van der Waals surface area contributed by atoms with Gasteiger partial charge in [0.1, 0.15) is 0 Å². The van der Waals surface area contributed by atoms with Crippen molar-refractivity contribution >= 4 is 31.0 Å². The molecule has 0 amide bonds. The number of anilines is 2. The average molecular weight is 490 g/mol. The summed E-state index contributed by atoms with van der Waals surface area (Å²) in [5, 5.41) is 0. The highest BCUT2D eigenvalue weighted by atomic mass is 32.2. The minimum Gasteiger partial charge on any atom is -0.398 e. The maximum Gasteiger partial charge on any atom is 0.411 e. The lowest BCUT2D eigenvalue weighted by atomic mass is 9.73. The van der Waals surface area contributed by atoms with Crippen LogP contribution < -0.4 is 11.5 Å². The van der Waals surface area contributed by atoms with Crippen molar-refractivity contribution in [3.05, 3.63) is 47.5 Å². The fraction of sp³-hybridized carbons (Fsp3) is 0.294. The first-order chi connectivity index (χ1) is 13.7. The van der Waals surface area contributed by atoms with Crippen LogP contribution in [0.1, 0.15) is 11.1 Å². The second kappa shape index (κ2) is 7.29. The van der Waals surface area contributed by atoms with Crippen molar-refractivity contribution in [3.8, 4) is 0 Å². The molecule has 0 aliphatic carbocycles. The van der Waals surface area contributed by atoms with E-state index in [-0.39, 0.29) is 12.1 Å². The van der Waals surface area contributed by atoms with E-state index in [9.17, 15) is 43.2 Å². The second-order valence-electron chi connectivity index (χ2n) is 6.80. The molecule has 0 bridgehead atoms. The standard InChI is InChI=1S/C17H16F6N2O4S2/c1-30(26,27)13-7-9(3-5-11(13)24)15(16(18,19)20,17(21,22)23)10-4-6-12(25)14(8-10)31(2,28)29/h3-8H,24-25H2,1-2H3. The quantitative estimate of drug-likeness (QED) is 0.502. The van der Waals surface area contributed by atoms with Crippen LogP contribution in [-0.4, -0.2) is 41.7 Å². The molecule has 0 atom stereocenters. The van der Waals surface area contributed by atoms with E-state index >= 15 is 0 Å². The van der Waals surface area contributed by atoms with Gasteiger partial charge >= 0.3 is 12.4 Å². The zero-order valence-corrected chi connectivity index (χ0v) is 17.5. The zero-order valence-electron chi connectivity index (χ0n) is 15.8. The highest BCUT2D eigenvalue weighted by Gasteiger charge is 2.72. The number of benzene rings is 2. The van der Waals surface area contributed by atoms with Crippen LogP contribution in [0.3, 0.4) is 0 Å². The van der Waals surface area contributed by atoms with E-state index in [1.165, 1.54) is 0 Å². The van der Waals surface area contributed by atoms with Gasteiger partial charge in [0.25, 0.3) is 0 Å². The molecule has 0 fully saturated rings. The fourth-order valence-corrected chi connectivity index (χ4v) is 4.83. The maximum atomic E-state index is 14.2. The molecule has 0 unspecified atom stereocenters. The zero-order chi connectivity index (χ0) is 24.2. The Hall–Kier alpha value is -2.48. The third-order valence-electron chi connectivity index (χ3n) is 4.54. The summed E-state index contributed by atoms with van der Waals surface area (Å²) < 4.78 is 133. The normalized spacial score (nSPS) is 13.9. The lowest BCUT2D eigenvalue weighted by Crippen LogP contribution is -2.55. The molecule has 31 heavy (non-hydrogen) atoms. The van der Waals surface area contributed by atoms with Crippen molar-refractivity contribution in [3.63, 3.8) is 0 Å². The van der Waals surface area contributed by atoms with Crippen molar-refractivity contribution < 1.29 is 43.2 Å². The predicted octanol–water partition coefficient (Wildman–Crippen LogP) is 3.07. The molecule has 0 saturated heterocycles. The van der Waals surface area contributed by atoms with E-state index in [1.54, 1.807) is 0 Å². The van der Waals surface area contributed by atoms with Crippen LogP contribution in [-0.2, 0) is 25.1 Å². The van der Waals surface area contributed by atoms with Crippen molar-refractivity contribution in [2.75, 3.05) is 24.0 Å². The van der Waals surface area contributed by atoms with Gasteiger partial charge in [-0.05, 0) is 35.4 Å². The summed E-state index contributed by atoms with van der Waals surface area (Å²) in [4.78, 5) is -1.89. The van der Waals surface area contributed by atoms with Gasteiger partial charge in [-0.2, -0.15) is 26.3 Å². The molecule has 6 nitrogen and oxygen atoms in total. The van der Waals surface area contributed by atoms with Crippen molar-refractivity contribution in [2.45, 2.75) is 27.6 Å². The van der Waals surface area contributed by atoms with E-state index in [1.807, 2.05) is 0 Å². The van der Waals surface area contributed by atoms with E-state index in [0.29, 0.717) is 36.8 Å². The molecule has 2 aromatic rings. The number of hydrogen-bond acceptors (Lipinski definition) is 6. The molecule has 2 aromatic carbocycles. The summed E-state index contributed by atoms with van der Waals surface area (Å²) in [6.45, 7) is 0. The van der Waals surface area contributed by atoms with Gasteiger partial charge in [0, 0.05) is 12.5 Å². The molecule has 0 aliphatic heterocycles. The first-order valence-corrected chi connectivity index (χ1v) is 11.9. The molecular formula is C17H16F6N2O4S2. The Bertz CT molecular complexity index is 1140. The van der Waals surface area contributed by atoms with Crippen LogP contribution in [0.5, 0.6) is 0 Å². The average Bonchev–Trinajstić information content (AvgIpc) is 2.53. The molecule has 0 radical (unpaired) electrons. The Kier molecular flexibility index (Phi) is 5.83. The van der Waals surface area contributed by atoms with Gasteiger partial charge < -0.3 is 11.5 Å². The van der Waals surface area contributed by atoms with Crippen LogP contribution >= 0.6 is 0 Å². The maximum absolute atomic E-state index is 14.2. The number of nitrogens with two attached hydrogens (primary N) is 2. The van der Waals surface area contributed by atoms with E-state index in [4.69, 9.17) is 11.5 Å². The molecule has 0 aliphatic rings. The van der Waals surface area contributed by atoms with Crippen molar-refractivity contribution in [1.82, 2.24) is 0 Å². The molecule has 2 rings (SSSR count). The Morgan fingerprint density at radius 3 is 1.16 bits per heavy atom. The molecule has 0 heterocycles. The summed E-state index contributed by atoms with van der Waals surface area (Å²) in [6.07, 6.45) is -11.0. The topological polar surface area (TPSA) is 120 Å². The van der Waals surface area contributed by atoms with Crippen LogP contribution in [0.2, 0.25) is 0 Å². The van der Waals surface area contributed by atoms with E-state index in [2.05, 4.69) is 0 Å². The van der Waals surface area contributed by atoms with E-state index in [0.717, 1.165) is 0 Å². The Labute approximate surface area is 173 Å². The minimum atomic E-state index is -6.07. The molecule has 172 valence electrons. The second-order valence-corrected chi connectivity index (χ2v) is 10.8. The summed E-state index contributed by atoms with van der Waals surface area (Å²) in [5.41, 5.74) is 1.97. The molecule has 0 spiro atoms. The van der Waals surface area contributed by atoms with Gasteiger partial charge in [0.2, 0.25) is 5.41 Å². The van der Waals surface area contributed by atoms with Crippen LogP contribution in [0, 0.1) is 0 Å². The minimum absolute atomic E-state index is 0.183. The third-order valence-corrected chi connectivity index (χ3v) is 6.85. The highest BCUT2D eigenvalue weighted by molar-refractivity contribution is 7.91. The number of sulfone groups is 2. The van der Waals surface area contributed by atoms with Gasteiger partial charge in [-0.3, -0.25) is 0 Å². The number of rotatable bonds is 4. The lowest BCUT2D eigenvalue weighted by Gasteiger charge is -2.38. The summed E-state index contributed by atoms with van der Waals surface area (Å²) in [5.74, 6) is 0. The molecule has 14 heteroatoms. The van der Waals surface area contributed by atoms with Crippen LogP contribution in [0.25, 0.3) is 0 Å². The smallest absolute Gasteiger partial charge is 0.398 e. The summed E-state index contributed by atoms with van der Waals surface area (Å²) in [7, 11) is -8.61. The molecule has 0 saturated carbocycles. The molecule has 4 N–H and O–H groups in total. The van der Waals surface area contributed by atoms with Gasteiger partial charge in [-0.25, -0.2) is 16.8 Å². The predicted molar refractivity (Wildman–Crippen MR) is 101 cm³/mol. The molecule has 0 aromatic heterocycles. The summed E-state index contributed by atoms with van der Waals surface area (Å²) in [6, 6.07) is 2.35. The Morgan fingerprint density at radius 1 is 0.645 bits per heavy atom. The number of halogens is 6. The Morgan fingerprint density at radius 2 is 0.935 bits per heavy atom. The first-order valence-electron chi connectivity index (χ1n) is 8.08. The number of alkyl halides is 6. The van der Waals surface area contributed by atoms with Crippen molar-refractivity contribution in [1.29, 1.82) is 0 Å². The van der Waals surface area contributed by atoms with Gasteiger partial charge in [-0.15, -0.1) is 0 Å². The third kappa shape index (κ3) is 4.18. The van der Waals surface area contributed by atoms with E-state index < -0.39 is 69.7 Å². The fourth-order valence-electron chi connectivity index (χ4n) is 3.16. The lowest BCUT2D eigenvalue weighted by molar-refractivity contribution is -0.288. The number of nitrogen functional groups attached to an aromatic ring is 2. The van der Waals surface area contributed by atoms with Crippen LogP contribution in [0.4, 0.5) is 37.7 Å². The highest BCUT2D eigenvalue weighted by Crippen LogP contribution is 2.57. The molecular weight excluding hydrogens is 474 g/mol. The summed E-state index contributed by atoms with van der Waals surface area (Å²) >= 11 is 0.